The van der Waals surface area contributed by atoms with Gasteiger partial charge < -0.3 is 34.8 Å². The summed E-state index contributed by atoms with van der Waals surface area (Å²) in [5.74, 6) is 7.29. The third-order valence-electron chi connectivity index (χ3n) is 7.76. The van der Waals surface area contributed by atoms with Crippen LogP contribution in [-0.4, -0.2) is 69.2 Å². The van der Waals surface area contributed by atoms with Crippen LogP contribution in [0.1, 0.15) is 31.7 Å². The fourth-order valence-electron chi connectivity index (χ4n) is 5.31. The maximum Gasteiger partial charge on any atom is 0.300 e. The first-order valence-electron chi connectivity index (χ1n) is 14.6. The van der Waals surface area contributed by atoms with Crippen molar-refractivity contribution in [1.29, 1.82) is 0 Å². The minimum atomic E-state index is -0.358. The number of carbonyl (C=O) groups is 1. The molecule has 2 N–H and O–H groups in total. The monoisotopic (exact) mass is 568 g/mol. The van der Waals surface area contributed by atoms with E-state index in [-0.39, 0.29) is 5.91 Å². The highest BCUT2D eigenvalue weighted by atomic mass is 16.5. The molecule has 3 heterocycles. The van der Waals surface area contributed by atoms with Crippen molar-refractivity contribution in [3.8, 4) is 29.2 Å². The predicted octanol–water partition coefficient (Wildman–Crippen LogP) is 5.64. The van der Waals surface area contributed by atoms with Gasteiger partial charge in [-0.05, 0) is 82.0 Å². The lowest BCUT2D eigenvalue weighted by atomic mass is 10.1. The van der Waals surface area contributed by atoms with Gasteiger partial charge in [0.2, 0.25) is 5.88 Å². The number of pyridine rings is 1. The molecule has 2 aliphatic rings. The topological polar surface area (TPSA) is 82.2 Å². The second-order valence-corrected chi connectivity index (χ2v) is 10.8. The summed E-state index contributed by atoms with van der Waals surface area (Å²) < 4.78 is 12.2. The SMILES string of the molecule is CC#CC(=O)Nc1cc(Oc2nc(Nc3ccc(N4CCN(C)CC4)cc3OC)ccc2N2CCCCC2)ccc1C. The second-order valence-electron chi connectivity index (χ2n) is 10.8. The van der Waals surface area contributed by atoms with Gasteiger partial charge in [-0.15, -0.1) is 0 Å². The van der Waals surface area contributed by atoms with E-state index in [0.29, 0.717) is 23.1 Å². The molecule has 1 aromatic heterocycles. The van der Waals surface area contributed by atoms with Crippen molar-refractivity contribution in [3.63, 3.8) is 0 Å². The van der Waals surface area contributed by atoms with Crippen molar-refractivity contribution in [1.82, 2.24) is 9.88 Å². The number of likely N-dealkylation sites (N-methyl/N-ethyl adjacent to an activating group) is 1. The number of nitrogens with one attached hydrogen (secondary N) is 2. The molecule has 0 atom stereocenters. The molecule has 0 aliphatic carbocycles. The number of amides is 1. The molecule has 0 spiro atoms. The van der Waals surface area contributed by atoms with Crippen LogP contribution in [-0.2, 0) is 4.79 Å². The summed E-state index contributed by atoms with van der Waals surface area (Å²) in [6, 6.07) is 15.9. The second kappa shape index (κ2) is 13.5. The maximum absolute atomic E-state index is 12.1. The molecule has 2 aliphatic heterocycles. The molecular weight excluding hydrogens is 528 g/mol. The van der Waals surface area contributed by atoms with E-state index in [4.69, 9.17) is 14.5 Å². The molecule has 0 bridgehead atoms. The number of nitrogens with zero attached hydrogens (tertiary/aromatic N) is 4. The Labute approximate surface area is 248 Å². The number of anilines is 5. The highest BCUT2D eigenvalue weighted by Gasteiger charge is 2.20. The molecule has 2 fully saturated rings. The Kier molecular flexibility index (Phi) is 9.35. The highest BCUT2D eigenvalue weighted by Crippen LogP contribution is 2.37. The Hall–Kier alpha value is -4.42. The van der Waals surface area contributed by atoms with E-state index in [9.17, 15) is 4.79 Å². The standard InChI is InChI=1S/C33H40N6O3/c1-5-9-32(40)35-28-23-26(12-10-24(28)2)42-33-29(39-16-7-6-8-17-39)14-15-31(36-33)34-27-13-11-25(22-30(27)41-4)38-20-18-37(3)19-21-38/h10-15,22-23H,6-8,16-21H2,1-4H3,(H,34,36)(H,35,40). The summed E-state index contributed by atoms with van der Waals surface area (Å²) in [6.07, 6.45) is 3.50. The van der Waals surface area contributed by atoms with Gasteiger partial charge in [0, 0.05) is 62.8 Å². The van der Waals surface area contributed by atoms with Gasteiger partial charge in [0.15, 0.2) is 0 Å². The van der Waals surface area contributed by atoms with Crippen molar-refractivity contribution in [2.75, 3.05) is 73.9 Å². The molecule has 0 unspecified atom stereocenters. The van der Waals surface area contributed by atoms with Crippen LogP contribution in [0.3, 0.4) is 0 Å². The smallest absolute Gasteiger partial charge is 0.300 e. The zero-order valence-corrected chi connectivity index (χ0v) is 25.0. The van der Waals surface area contributed by atoms with Gasteiger partial charge in [0.05, 0.1) is 12.8 Å². The van der Waals surface area contributed by atoms with Crippen molar-refractivity contribution in [3.05, 3.63) is 54.1 Å². The summed E-state index contributed by atoms with van der Waals surface area (Å²) in [7, 11) is 3.85. The Morgan fingerprint density at radius 2 is 1.69 bits per heavy atom. The Balaban J connectivity index is 1.42. The van der Waals surface area contributed by atoms with Crippen LogP contribution in [0.15, 0.2) is 48.5 Å². The third kappa shape index (κ3) is 7.07. The van der Waals surface area contributed by atoms with Gasteiger partial charge in [-0.3, -0.25) is 4.79 Å². The van der Waals surface area contributed by atoms with Crippen LogP contribution in [0, 0.1) is 18.8 Å². The first kappa shape index (κ1) is 29.1. The molecule has 9 heteroatoms. The van der Waals surface area contributed by atoms with Gasteiger partial charge in [0.1, 0.15) is 23.0 Å². The fraction of sp³-hybridized carbons (Fsp3) is 0.394. The number of aromatic nitrogens is 1. The van der Waals surface area contributed by atoms with E-state index in [1.165, 1.54) is 6.42 Å². The van der Waals surface area contributed by atoms with Crippen LogP contribution in [0.2, 0.25) is 0 Å². The Morgan fingerprint density at radius 3 is 2.43 bits per heavy atom. The summed E-state index contributed by atoms with van der Waals surface area (Å²) in [5, 5.41) is 6.29. The minimum Gasteiger partial charge on any atom is -0.494 e. The van der Waals surface area contributed by atoms with E-state index in [1.807, 2.05) is 37.3 Å². The molecule has 2 aromatic carbocycles. The number of methoxy groups -OCH3 is 1. The van der Waals surface area contributed by atoms with Gasteiger partial charge in [-0.1, -0.05) is 12.0 Å². The third-order valence-corrected chi connectivity index (χ3v) is 7.76. The fourth-order valence-corrected chi connectivity index (χ4v) is 5.31. The first-order valence-corrected chi connectivity index (χ1v) is 14.6. The lowest BCUT2D eigenvalue weighted by Gasteiger charge is -2.34. The zero-order valence-electron chi connectivity index (χ0n) is 25.0. The predicted molar refractivity (Wildman–Crippen MR) is 170 cm³/mol. The van der Waals surface area contributed by atoms with E-state index in [2.05, 4.69) is 62.4 Å². The molecule has 5 rings (SSSR count). The molecule has 42 heavy (non-hydrogen) atoms. The van der Waals surface area contributed by atoms with Crippen molar-refractivity contribution in [2.45, 2.75) is 33.1 Å². The van der Waals surface area contributed by atoms with Gasteiger partial charge in [-0.2, -0.15) is 4.98 Å². The Morgan fingerprint density at radius 1 is 0.905 bits per heavy atom. The van der Waals surface area contributed by atoms with Gasteiger partial charge >= 0.3 is 0 Å². The number of rotatable bonds is 8. The van der Waals surface area contributed by atoms with Crippen LogP contribution >= 0.6 is 0 Å². The number of ether oxygens (including phenoxy) is 2. The molecule has 1 amide bonds. The van der Waals surface area contributed by atoms with Gasteiger partial charge in [0.25, 0.3) is 5.91 Å². The van der Waals surface area contributed by atoms with Crippen molar-refractivity contribution >= 4 is 34.5 Å². The number of hydrogen-bond donors (Lipinski definition) is 2. The molecule has 0 radical (unpaired) electrons. The average Bonchev–Trinajstić information content (AvgIpc) is 3.00. The lowest BCUT2D eigenvalue weighted by Crippen LogP contribution is -2.44. The first-order chi connectivity index (χ1) is 20.4. The van der Waals surface area contributed by atoms with E-state index in [1.54, 1.807) is 14.0 Å². The van der Waals surface area contributed by atoms with E-state index in [0.717, 1.165) is 80.5 Å². The van der Waals surface area contributed by atoms with Gasteiger partial charge in [-0.25, -0.2) is 0 Å². The maximum atomic E-state index is 12.1. The number of aryl methyl sites for hydroxylation is 1. The number of benzene rings is 2. The number of piperazine rings is 1. The molecule has 9 nitrogen and oxygen atoms in total. The van der Waals surface area contributed by atoms with Crippen LogP contribution in [0.5, 0.6) is 17.4 Å². The molecule has 3 aromatic rings. The molecule has 220 valence electrons. The summed E-state index contributed by atoms with van der Waals surface area (Å²) >= 11 is 0. The van der Waals surface area contributed by atoms with E-state index < -0.39 is 0 Å². The molecule has 2 saturated heterocycles. The van der Waals surface area contributed by atoms with E-state index >= 15 is 0 Å². The number of piperidine rings is 1. The average molecular weight is 569 g/mol. The zero-order chi connectivity index (χ0) is 29.5. The van der Waals surface area contributed by atoms with Crippen LogP contribution in [0.25, 0.3) is 0 Å². The van der Waals surface area contributed by atoms with Crippen molar-refractivity contribution < 1.29 is 14.3 Å². The Bertz CT molecular complexity index is 1470. The summed E-state index contributed by atoms with van der Waals surface area (Å²) in [6.45, 7) is 9.54. The molecule has 0 saturated carbocycles. The van der Waals surface area contributed by atoms with Crippen molar-refractivity contribution in [2.24, 2.45) is 0 Å². The number of carbonyl (C=O) groups excluding carboxylic acids is 1. The lowest BCUT2D eigenvalue weighted by molar-refractivity contribution is -0.111. The molecular formula is C33H40N6O3. The summed E-state index contributed by atoms with van der Waals surface area (Å²) in [4.78, 5) is 24.1. The summed E-state index contributed by atoms with van der Waals surface area (Å²) in [5.41, 5.74) is 4.49. The van der Waals surface area contributed by atoms with Crippen LogP contribution < -0.4 is 29.9 Å². The normalized spacial score (nSPS) is 15.4. The quantitative estimate of drug-likeness (QED) is 0.338. The number of hydrogen-bond acceptors (Lipinski definition) is 8. The highest BCUT2D eigenvalue weighted by molar-refractivity contribution is 6.04. The largest absolute Gasteiger partial charge is 0.494 e. The van der Waals surface area contributed by atoms with Crippen LogP contribution in [0.4, 0.5) is 28.6 Å². The minimum absolute atomic E-state index is 0.358.